The molecule has 0 spiro atoms. The van der Waals surface area contributed by atoms with E-state index >= 15 is 0 Å². The highest BCUT2D eigenvalue weighted by molar-refractivity contribution is 4.96. The molecule has 1 saturated carbocycles. The Morgan fingerprint density at radius 2 is 2.21 bits per heavy atom. The summed E-state index contributed by atoms with van der Waals surface area (Å²) in [4.78, 5) is 0. The highest BCUT2D eigenvalue weighted by atomic mass is 16.5. The summed E-state index contributed by atoms with van der Waals surface area (Å²) < 4.78 is 5.70. The second-order valence-corrected chi connectivity index (χ2v) is 5.27. The van der Waals surface area contributed by atoms with E-state index in [1.54, 1.807) is 0 Å². The van der Waals surface area contributed by atoms with Gasteiger partial charge in [-0.3, -0.25) is 0 Å². The summed E-state index contributed by atoms with van der Waals surface area (Å²) >= 11 is 0. The summed E-state index contributed by atoms with van der Waals surface area (Å²) in [6, 6.07) is 0.660. The molecule has 1 heterocycles. The summed E-state index contributed by atoms with van der Waals surface area (Å²) in [5.41, 5.74) is 0.592. The maximum absolute atomic E-state index is 5.70. The van der Waals surface area contributed by atoms with Crippen molar-refractivity contribution in [1.29, 1.82) is 0 Å². The minimum absolute atomic E-state index is 0.480. The van der Waals surface area contributed by atoms with E-state index in [1.165, 1.54) is 32.1 Å². The van der Waals surface area contributed by atoms with Crippen LogP contribution in [-0.4, -0.2) is 25.3 Å². The van der Waals surface area contributed by atoms with Gasteiger partial charge in [0.25, 0.3) is 0 Å². The molecular weight excluding hydrogens is 174 g/mol. The van der Waals surface area contributed by atoms with Gasteiger partial charge >= 0.3 is 0 Å². The van der Waals surface area contributed by atoms with E-state index in [4.69, 9.17) is 4.74 Å². The van der Waals surface area contributed by atoms with Gasteiger partial charge in [-0.05, 0) is 44.4 Å². The minimum Gasteiger partial charge on any atom is -0.377 e. The fourth-order valence-corrected chi connectivity index (χ4v) is 2.15. The van der Waals surface area contributed by atoms with E-state index in [1.807, 2.05) is 0 Å². The largest absolute Gasteiger partial charge is 0.377 e. The first-order valence-corrected chi connectivity index (χ1v) is 6.06. The molecule has 1 aliphatic heterocycles. The Balaban J connectivity index is 1.65. The summed E-state index contributed by atoms with van der Waals surface area (Å²) in [5.74, 6) is 0. The number of nitrogens with one attached hydrogen (secondary N) is 1. The van der Waals surface area contributed by atoms with Crippen molar-refractivity contribution in [2.45, 2.75) is 58.1 Å². The SMILES string of the molecule is CC(NCC1CCCCO1)C1(C)CC1. The molecule has 2 nitrogen and oxygen atoms in total. The van der Waals surface area contributed by atoms with Crippen LogP contribution in [0, 0.1) is 5.41 Å². The maximum atomic E-state index is 5.70. The molecule has 2 aliphatic rings. The lowest BCUT2D eigenvalue weighted by molar-refractivity contribution is 0.0144. The topological polar surface area (TPSA) is 21.3 Å². The lowest BCUT2D eigenvalue weighted by Gasteiger charge is -2.27. The molecule has 1 N–H and O–H groups in total. The maximum Gasteiger partial charge on any atom is 0.0699 e. The third kappa shape index (κ3) is 2.48. The first-order chi connectivity index (χ1) is 6.71. The molecular formula is C12H23NO. The Morgan fingerprint density at radius 3 is 2.79 bits per heavy atom. The van der Waals surface area contributed by atoms with Crippen molar-refractivity contribution in [3.05, 3.63) is 0 Å². The van der Waals surface area contributed by atoms with Crippen LogP contribution in [0.5, 0.6) is 0 Å². The van der Waals surface area contributed by atoms with E-state index in [0.717, 1.165) is 13.2 Å². The summed E-state index contributed by atoms with van der Waals surface area (Å²) in [5, 5.41) is 3.63. The van der Waals surface area contributed by atoms with Crippen LogP contribution in [0.1, 0.15) is 46.0 Å². The molecule has 0 aromatic carbocycles. The predicted molar refractivity (Wildman–Crippen MR) is 58.4 cm³/mol. The average Bonchev–Trinajstić information content (AvgIpc) is 2.96. The van der Waals surface area contributed by atoms with Crippen LogP contribution < -0.4 is 5.32 Å². The zero-order valence-corrected chi connectivity index (χ0v) is 9.51. The molecule has 82 valence electrons. The lowest BCUT2D eigenvalue weighted by Crippen LogP contribution is -2.40. The van der Waals surface area contributed by atoms with Crippen LogP contribution in [0.2, 0.25) is 0 Å². The van der Waals surface area contributed by atoms with Crippen molar-refractivity contribution in [1.82, 2.24) is 5.32 Å². The zero-order valence-electron chi connectivity index (χ0n) is 9.51. The van der Waals surface area contributed by atoms with E-state index in [-0.39, 0.29) is 0 Å². The predicted octanol–water partition coefficient (Wildman–Crippen LogP) is 2.33. The van der Waals surface area contributed by atoms with Crippen molar-refractivity contribution in [2.24, 2.45) is 5.41 Å². The number of rotatable bonds is 4. The summed E-state index contributed by atoms with van der Waals surface area (Å²) in [6.07, 6.45) is 7.12. The molecule has 0 aromatic heterocycles. The van der Waals surface area contributed by atoms with Crippen molar-refractivity contribution in [2.75, 3.05) is 13.2 Å². The first-order valence-electron chi connectivity index (χ1n) is 6.06. The first kappa shape index (κ1) is 10.4. The standard InChI is InChI=1S/C12H23NO/c1-10(12(2)6-7-12)13-9-11-5-3-4-8-14-11/h10-11,13H,3-9H2,1-2H3. The van der Waals surface area contributed by atoms with Crippen LogP contribution in [-0.2, 0) is 4.74 Å². The van der Waals surface area contributed by atoms with Crippen molar-refractivity contribution in [3.63, 3.8) is 0 Å². The fraction of sp³-hybridized carbons (Fsp3) is 1.00. The quantitative estimate of drug-likeness (QED) is 0.747. The monoisotopic (exact) mass is 197 g/mol. The molecule has 1 aliphatic carbocycles. The molecule has 0 aromatic rings. The van der Waals surface area contributed by atoms with Crippen molar-refractivity contribution < 1.29 is 4.74 Å². The van der Waals surface area contributed by atoms with Crippen LogP contribution in [0.15, 0.2) is 0 Å². The minimum atomic E-state index is 0.480. The fourth-order valence-electron chi connectivity index (χ4n) is 2.15. The Hall–Kier alpha value is -0.0800. The molecule has 0 bridgehead atoms. The Morgan fingerprint density at radius 1 is 1.43 bits per heavy atom. The van der Waals surface area contributed by atoms with Gasteiger partial charge in [0, 0.05) is 19.2 Å². The second kappa shape index (κ2) is 4.19. The highest BCUT2D eigenvalue weighted by Crippen LogP contribution is 2.47. The zero-order chi connectivity index (χ0) is 10.0. The van der Waals surface area contributed by atoms with Crippen LogP contribution >= 0.6 is 0 Å². The number of hydrogen-bond acceptors (Lipinski definition) is 2. The Labute approximate surface area is 87.4 Å². The Bertz CT molecular complexity index is 183. The van der Waals surface area contributed by atoms with Gasteiger partial charge in [-0.25, -0.2) is 0 Å². The van der Waals surface area contributed by atoms with Gasteiger partial charge in [0.1, 0.15) is 0 Å². The van der Waals surface area contributed by atoms with E-state index < -0.39 is 0 Å². The van der Waals surface area contributed by atoms with E-state index in [0.29, 0.717) is 17.6 Å². The summed E-state index contributed by atoms with van der Waals surface area (Å²) in [7, 11) is 0. The lowest BCUT2D eigenvalue weighted by atomic mass is 10.0. The van der Waals surface area contributed by atoms with E-state index in [2.05, 4.69) is 19.2 Å². The van der Waals surface area contributed by atoms with Crippen molar-refractivity contribution in [3.8, 4) is 0 Å². The molecule has 14 heavy (non-hydrogen) atoms. The van der Waals surface area contributed by atoms with Gasteiger partial charge in [0.15, 0.2) is 0 Å². The van der Waals surface area contributed by atoms with Crippen LogP contribution in [0.3, 0.4) is 0 Å². The average molecular weight is 197 g/mol. The van der Waals surface area contributed by atoms with Gasteiger partial charge in [-0.15, -0.1) is 0 Å². The molecule has 2 heteroatoms. The molecule has 1 saturated heterocycles. The molecule has 2 atom stereocenters. The Kier molecular flexibility index (Phi) is 3.13. The van der Waals surface area contributed by atoms with Gasteiger partial charge in [0.2, 0.25) is 0 Å². The smallest absolute Gasteiger partial charge is 0.0699 e. The van der Waals surface area contributed by atoms with Gasteiger partial charge in [0.05, 0.1) is 6.10 Å². The number of hydrogen-bond donors (Lipinski definition) is 1. The van der Waals surface area contributed by atoms with Gasteiger partial charge in [-0.2, -0.15) is 0 Å². The molecule has 2 fully saturated rings. The molecule has 2 unspecified atom stereocenters. The second-order valence-electron chi connectivity index (χ2n) is 5.27. The summed E-state index contributed by atoms with van der Waals surface area (Å²) in [6.45, 7) is 6.72. The normalized spacial score (nSPS) is 32.6. The van der Waals surface area contributed by atoms with Gasteiger partial charge in [-0.1, -0.05) is 6.92 Å². The molecule has 0 radical (unpaired) electrons. The van der Waals surface area contributed by atoms with E-state index in [9.17, 15) is 0 Å². The molecule has 2 rings (SSSR count). The molecule has 0 amide bonds. The van der Waals surface area contributed by atoms with Crippen LogP contribution in [0.4, 0.5) is 0 Å². The third-order valence-corrected chi connectivity index (χ3v) is 4.01. The van der Waals surface area contributed by atoms with Gasteiger partial charge < -0.3 is 10.1 Å². The van der Waals surface area contributed by atoms with Crippen LogP contribution in [0.25, 0.3) is 0 Å². The van der Waals surface area contributed by atoms with Crippen molar-refractivity contribution >= 4 is 0 Å². The highest BCUT2D eigenvalue weighted by Gasteiger charge is 2.42. The third-order valence-electron chi connectivity index (χ3n) is 4.01. The number of ether oxygens (including phenoxy) is 1.